The van der Waals surface area contributed by atoms with Gasteiger partial charge in [-0.25, -0.2) is 8.42 Å². The Labute approximate surface area is 189 Å². The summed E-state index contributed by atoms with van der Waals surface area (Å²) < 4.78 is 66.4. The van der Waals surface area contributed by atoms with E-state index in [1.807, 2.05) is 0 Å². The van der Waals surface area contributed by atoms with Crippen molar-refractivity contribution in [3.05, 3.63) is 59.7 Å². The number of benzene rings is 2. The van der Waals surface area contributed by atoms with Gasteiger partial charge in [-0.15, -0.1) is 0 Å². The van der Waals surface area contributed by atoms with Gasteiger partial charge in [0.15, 0.2) is 0 Å². The molecule has 1 aliphatic rings. The summed E-state index contributed by atoms with van der Waals surface area (Å²) in [7, 11) is -2.82. The first-order valence-corrected chi connectivity index (χ1v) is 11.5. The third kappa shape index (κ3) is 5.89. The molecule has 0 radical (unpaired) electrons. The Bertz CT molecular complexity index is 1110. The van der Waals surface area contributed by atoms with Crippen LogP contribution in [0.1, 0.15) is 15.9 Å². The highest BCUT2D eigenvalue weighted by Gasteiger charge is 2.39. The fourth-order valence-electron chi connectivity index (χ4n) is 3.45. The predicted octanol–water partition coefficient (Wildman–Crippen LogP) is 2.01. The molecule has 0 saturated carbocycles. The van der Waals surface area contributed by atoms with Gasteiger partial charge < -0.3 is 10.6 Å². The maximum Gasteiger partial charge on any atom is 0.417 e. The van der Waals surface area contributed by atoms with Gasteiger partial charge in [0.1, 0.15) is 0 Å². The molecule has 0 atom stereocenters. The van der Waals surface area contributed by atoms with E-state index in [4.69, 9.17) is 0 Å². The normalized spacial score (nSPS) is 15.8. The lowest BCUT2D eigenvalue weighted by Gasteiger charge is -2.34. The Morgan fingerprint density at radius 2 is 1.58 bits per heavy atom. The van der Waals surface area contributed by atoms with Gasteiger partial charge in [-0.05, 0) is 36.4 Å². The molecule has 33 heavy (non-hydrogen) atoms. The molecule has 0 aromatic heterocycles. The molecular formula is C21H23F3N4O4S. The Balaban J connectivity index is 1.58. The Morgan fingerprint density at radius 3 is 2.15 bits per heavy atom. The van der Waals surface area contributed by atoms with Crippen LogP contribution in [-0.2, 0) is 21.0 Å². The molecule has 0 spiro atoms. The monoisotopic (exact) mass is 484 g/mol. The molecule has 8 nitrogen and oxygen atoms in total. The number of alkyl halides is 3. The number of halogens is 3. The lowest BCUT2D eigenvalue weighted by Crippen LogP contribution is -2.50. The molecule has 3 rings (SSSR count). The number of piperazine rings is 1. The van der Waals surface area contributed by atoms with Gasteiger partial charge >= 0.3 is 6.18 Å². The molecule has 1 saturated heterocycles. The number of anilines is 1. The molecule has 178 valence electrons. The summed E-state index contributed by atoms with van der Waals surface area (Å²) in [6.45, 7) is 0.294. The maximum atomic E-state index is 13.3. The molecule has 1 aliphatic heterocycles. The van der Waals surface area contributed by atoms with E-state index < -0.39 is 26.7 Å². The van der Waals surface area contributed by atoms with E-state index in [0.29, 0.717) is 11.3 Å². The van der Waals surface area contributed by atoms with E-state index in [1.54, 1.807) is 29.2 Å². The average Bonchev–Trinajstić information content (AvgIpc) is 2.79. The highest BCUT2D eigenvalue weighted by molar-refractivity contribution is 7.89. The second kappa shape index (κ2) is 9.89. The van der Waals surface area contributed by atoms with Gasteiger partial charge in [-0.2, -0.15) is 17.5 Å². The van der Waals surface area contributed by atoms with Gasteiger partial charge in [0.05, 0.1) is 17.0 Å². The van der Waals surface area contributed by atoms with E-state index in [2.05, 4.69) is 10.6 Å². The van der Waals surface area contributed by atoms with E-state index in [9.17, 15) is 31.2 Å². The van der Waals surface area contributed by atoms with E-state index in [1.165, 1.54) is 13.1 Å². The number of rotatable bonds is 6. The van der Waals surface area contributed by atoms with Crippen LogP contribution in [0.3, 0.4) is 0 Å². The van der Waals surface area contributed by atoms with Crippen LogP contribution >= 0.6 is 0 Å². The number of carbonyl (C=O) groups is 2. The quantitative estimate of drug-likeness (QED) is 0.654. The maximum absolute atomic E-state index is 13.3. The Kier molecular flexibility index (Phi) is 7.40. The molecule has 2 amide bonds. The Morgan fingerprint density at radius 1 is 0.970 bits per heavy atom. The summed E-state index contributed by atoms with van der Waals surface area (Å²) in [4.78, 5) is 24.8. The van der Waals surface area contributed by atoms with Gasteiger partial charge in [0, 0.05) is 44.5 Å². The molecule has 2 aromatic rings. The molecule has 0 bridgehead atoms. The van der Waals surface area contributed by atoms with Crippen LogP contribution in [0.15, 0.2) is 53.4 Å². The van der Waals surface area contributed by atoms with Crippen molar-refractivity contribution in [2.45, 2.75) is 11.1 Å². The summed E-state index contributed by atoms with van der Waals surface area (Å²) in [5, 5.41) is 5.19. The highest BCUT2D eigenvalue weighted by Crippen LogP contribution is 2.35. The molecule has 2 aromatic carbocycles. The zero-order valence-electron chi connectivity index (χ0n) is 17.7. The second-order valence-electron chi connectivity index (χ2n) is 7.38. The van der Waals surface area contributed by atoms with Gasteiger partial charge in [-0.3, -0.25) is 14.5 Å². The minimum Gasteiger partial charge on any atom is -0.355 e. The predicted molar refractivity (Wildman–Crippen MR) is 115 cm³/mol. The highest BCUT2D eigenvalue weighted by atomic mass is 32.2. The minimum atomic E-state index is -4.79. The number of hydrogen-bond donors (Lipinski definition) is 2. The summed E-state index contributed by atoms with van der Waals surface area (Å²) in [5.74, 6) is -0.583. The van der Waals surface area contributed by atoms with Crippen LogP contribution < -0.4 is 10.6 Å². The van der Waals surface area contributed by atoms with Crippen molar-refractivity contribution in [3.63, 3.8) is 0 Å². The van der Waals surface area contributed by atoms with Crippen LogP contribution in [0.2, 0.25) is 0 Å². The van der Waals surface area contributed by atoms with Gasteiger partial charge in [-0.1, -0.05) is 12.1 Å². The first kappa shape index (κ1) is 24.7. The molecule has 0 aliphatic carbocycles. The summed E-state index contributed by atoms with van der Waals surface area (Å²) in [6.07, 6.45) is -4.79. The molecule has 12 heteroatoms. The first-order chi connectivity index (χ1) is 15.5. The van der Waals surface area contributed by atoms with Crippen molar-refractivity contribution in [2.24, 2.45) is 0 Å². The van der Waals surface area contributed by atoms with Crippen LogP contribution in [0.25, 0.3) is 0 Å². The molecule has 1 heterocycles. The molecular weight excluding hydrogens is 461 g/mol. The smallest absolute Gasteiger partial charge is 0.355 e. The number of carbonyl (C=O) groups excluding carboxylic acids is 2. The topological polar surface area (TPSA) is 98.8 Å². The lowest BCUT2D eigenvalue weighted by atomic mass is 10.2. The molecule has 2 N–H and O–H groups in total. The summed E-state index contributed by atoms with van der Waals surface area (Å²) >= 11 is 0. The average molecular weight is 485 g/mol. The van der Waals surface area contributed by atoms with Crippen molar-refractivity contribution in [1.82, 2.24) is 14.5 Å². The fraction of sp³-hybridized carbons (Fsp3) is 0.333. The summed E-state index contributed by atoms with van der Waals surface area (Å²) in [6, 6.07) is 10.4. The minimum absolute atomic E-state index is 0.00970. The van der Waals surface area contributed by atoms with Crippen LogP contribution in [0.5, 0.6) is 0 Å². The van der Waals surface area contributed by atoms with Crippen molar-refractivity contribution < 1.29 is 31.2 Å². The number of nitrogens with one attached hydrogen (secondary N) is 2. The first-order valence-electron chi connectivity index (χ1n) is 10.0. The third-order valence-corrected chi connectivity index (χ3v) is 7.12. The van der Waals surface area contributed by atoms with E-state index >= 15 is 0 Å². The van der Waals surface area contributed by atoms with Gasteiger partial charge in [0.2, 0.25) is 15.9 Å². The zero-order chi connectivity index (χ0) is 24.2. The molecule has 1 fully saturated rings. The van der Waals surface area contributed by atoms with Crippen LogP contribution in [-0.4, -0.2) is 69.2 Å². The van der Waals surface area contributed by atoms with E-state index in [-0.39, 0.29) is 44.5 Å². The van der Waals surface area contributed by atoms with Gasteiger partial charge in [0.25, 0.3) is 5.91 Å². The van der Waals surface area contributed by atoms with E-state index in [0.717, 1.165) is 22.5 Å². The fourth-order valence-corrected chi connectivity index (χ4v) is 5.08. The third-order valence-electron chi connectivity index (χ3n) is 5.17. The van der Waals surface area contributed by atoms with Crippen molar-refractivity contribution >= 4 is 27.5 Å². The summed E-state index contributed by atoms with van der Waals surface area (Å²) in [5.41, 5.74) is -0.258. The van der Waals surface area contributed by atoms with Crippen LogP contribution in [0, 0.1) is 0 Å². The number of sulfonamides is 1. The number of nitrogens with zero attached hydrogens (tertiary/aromatic N) is 2. The lowest BCUT2D eigenvalue weighted by molar-refractivity contribution is -0.140. The number of hydrogen-bond acceptors (Lipinski definition) is 5. The largest absolute Gasteiger partial charge is 0.417 e. The Hall–Kier alpha value is -2.96. The van der Waals surface area contributed by atoms with Crippen molar-refractivity contribution in [3.8, 4) is 0 Å². The second-order valence-corrected chi connectivity index (χ2v) is 9.29. The zero-order valence-corrected chi connectivity index (χ0v) is 18.5. The van der Waals surface area contributed by atoms with Crippen molar-refractivity contribution in [2.75, 3.05) is 45.1 Å². The molecule has 0 unspecified atom stereocenters. The van der Waals surface area contributed by atoms with Crippen LogP contribution in [0.4, 0.5) is 18.9 Å². The van der Waals surface area contributed by atoms with Crippen molar-refractivity contribution in [1.29, 1.82) is 0 Å². The SMILES string of the molecule is CNC(=O)c1ccc(NC(=O)CN2CCN(S(=O)(=O)c3ccccc3C(F)(F)F)CC2)cc1. The number of amides is 2. The standard InChI is InChI=1S/C21H23F3N4O4S/c1-25-20(30)15-6-8-16(9-7-15)26-19(29)14-27-10-12-28(13-11-27)33(31,32)18-5-3-2-4-17(18)21(22,23)24/h2-9H,10-14H2,1H3,(H,25,30)(H,26,29).